The van der Waals surface area contributed by atoms with Crippen molar-refractivity contribution < 1.29 is 9.53 Å². The Hall–Kier alpha value is -3.65. The first-order valence-corrected chi connectivity index (χ1v) is 11.0. The van der Waals surface area contributed by atoms with E-state index in [0.29, 0.717) is 11.0 Å². The summed E-state index contributed by atoms with van der Waals surface area (Å²) >= 11 is 1.33. The number of hydrogen-bond acceptors (Lipinski definition) is 6. The molecule has 0 fully saturated rings. The molecule has 7 nitrogen and oxygen atoms in total. The standard InChI is InChI=1S/C24H23N5O2S/c1-16-7-8-21(17(2)13-16)26-22(30)15-32-24-28-27-23(18-9-11-25-12-10-18)29(24)19-5-4-6-20(14-19)31-3/h4-14H,15H2,1-3H3,(H,26,30). The first-order valence-electron chi connectivity index (χ1n) is 10.1. The van der Waals surface area contributed by atoms with Crippen LogP contribution in [0.1, 0.15) is 11.1 Å². The monoisotopic (exact) mass is 445 g/mol. The molecule has 32 heavy (non-hydrogen) atoms. The molecule has 4 aromatic rings. The van der Waals surface area contributed by atoms with Crippen LogP contribution in [0, 0.1) is 13.8 Å². The largest absolute Gasteiger partial charge is 0.497 e. The van der Waals surface area contributed by atoms with Crippen LogP contribution in [0.2, 0.25) is 0 Å². The number of aromatic nitrogens is 4. The summed E-state index contributed by atoms with van der Waals surface area (Å²) in [5, 5.41) is 12.4. The van der Waals surface area contributed by atoms with Gasteiger partial charge in [0.05, 0.1) is 18.6 Å². The van der Waals surface area contributed by atoms with Gasteiger partial charge in [0.2, 0.25) is 5.91 Å². The summed E-state index contributed by atoms with van der Waals surface area (Å²) in [7, 11) is 1.63. The SMILES string of the molecule is COc1cccc(-n2c(SCC(=O)Nc3ccc(C)cc3C)nnc2-c2ccncc2)c1. The van der Waals surface area contributed by atoms with E-state index in [-0.39, 0.29) is 11.7 Å². The molecule has 0 bridgehead atoms. The molecule has 0 radical (unpaired) electrons. The van der Waals surface area contributed by atoms with Crippen LogP contribution in [0.4, 0.5) is 5.69 Å². The number of carbonyl (C=O) groups is 1. The van der Waals surface area contributed by atoms with Crippen LogP contribution >= 0.6 is 11.8 Å². The fourth-order valence-corrected chi connectivity index (χ4v) is 4.06. The fourth-order valence-electron chi connectivity index (χ4n) is 3.30. The molecule has 0 unspecified atom stereocenters. The van der Waals surface area contributed by atoms with Gasteiger partial charge in [-0.05, 0) is 49.7 Å². The van der Waals surface area contributed by atoms with Crippen LogP contribution in [0.3, 0.4) is 0 Å². The Morgan fingerprint density at radius 2 is 1.88 bits per heavy atom. The number of carbonyl (C=O) groups excluding carboxylic acids is 1. The van der Waals surface area contributed by atoms with Crippen molar-refractivity contribution in [1.82, 2.24) is 19.7 Å². The van der Waals surface area contributed by atoms with Crippen molar-refractivity contribution in [3.8, 4) is 22.8 Å². The molecule has 162 valence electrons. The van der Waals surface area contributed by atoms with Crippen LogP contribution in [0.15, 0.2) is 72.1 Å². The lowest BCUT2D eigenvalue weighted by Crippen LogP contribution is -2.15. The van der Waals surface area contributed by atoms with E-state index in [1.54, 1.807) is 19.5 Å². The van der Waals surface area contributed by atoms with E-state index in [1.807, 2.05) is 73.0 Å². The number of rotatable bonds is 7. The number of aryl methyl sites for hydroxylation is 2. The summed E-state index contributed by atoms with van der Waals surface area (Å²) in [4.78, 5) is 16.7. The Balaban J connectivity index is 1.61. The molecule has 0 aliphatic rings. The number of amides is 1. The van der Waals surface area contributed by atoms with Gasteiger partial charge < -0.3 is 10.1 Å². The topological polar surface area (TPSA) is 81.9 Å². The van der Waals surface area contributed by atoms with Gasteiger partial charge in [-0.3, -0.25) is 14.3 Å². The zero-order valence-electron chi connectivity index (χ0n) is 18.1. The van der Waals surface area contributed by atoms with Gasteiger partial charge >= 0.3 is 0 Å². The van der Waals surface area contributed by atoms with Crippen LogP contribution < -0.4 is 10.1 Å². The van der Waals surface area contributed by atoms with E-state index in [2.05, 4.69) is 20.5 Å². The van der Waals surface area contributed by atoms with E-state index in [4.69, 9.17) is 4.74 Å². The van der Waals surface area contributed by atoms with E-state index < -0.39 is 0 Å². The number of ether oxygens (including phenoxy) is 1. The second kappa shape index (κ2) is 9.65. The van der Waals surface area contributed by atoms with Gasteiger partial charge in [-0.2, -0.15) is 0 Å². The van der Waals surface area contributed by atoms with Gasteiger partial charge in [-0.15, -0.1) is 10.2 Å². The van der Waals surface area contributed by atoms with E-state index in [0.717, 1.165) is 33.8 Å². The molecule has 0 spiro atoms. The van der Waals surface area contributed by atoms with Gasteiger partial charge in [-0.25, -0.2) is 0 Å². The number of nitrogens with one attached hydrogen (secondary N) is 1. The predicted molar refractivity (Wildman–Crippen MR) is 126 cm³/mol. The minimum atomic E-state index is -0.104. The highest BCUT2D eigenvalue weighted by atomic mass is 32.2. The lowest BCUT2D eigenvalue weighted by Gasteiger charge is -2.12. The van der Waals surface area contributed by atoms with Gasteiger partial charge in [-0.1, -0.05) is 35.5 Å². The number of hydrogen-bond donors (Lipinski definition) is 1. The average molecular weight is 446 g/mol. The third-order valence-electron chi connectivity index (χ3n) is 4.87. The van der Waals surface area contributed by atoms with Crippen molar-refractivity contribution in [2.75, 3.05) is 18.2 Å². The number of methoxy groups -OCH3 is 1. The predicted octanol–water partition coefficient (Wildman–Crippen LogP) is 4.69. The molecule has 0 saturated carbocycles. The van der Waals surface area contributed by atoms with Gasteiger partial charge in [0.15, 0.2) is 11.0 Å². The molecule has 4 rings (SSSR count). The number of thioether (sulfide) groups is 1. The zero-order chi connectivity index (χ0) is 22.5. The zero-order valence-corrected chi connectivity index (χ0v) is 18.9. The van der Waals surface area contributed by atoms with E-state index >= 15 is 0 Å². The molecular weight excluding hydrogens is 422 g/mol. The number of pyridine rings is 1. The molecule has 2 heterocycles. The van der Waals surface area contributed by atoms with Crippen molar-refractivity contribution >= 4 is 23.4 Å². The van der Waals surface area contributed by atoms with Crippen LogP contribution in [-0.2, 0) is 4.79 Å². The molecule has 1 N–H and O–H groups in total. The van der Waals surface area contributed by atoms with Gasteiger partial charge in [0.25, 0.3) is 0 Å². The van der Waals surface area contributed by atoms with Crippen molar-refractivity contribution in [2.24, 2.45) is 0 Å². The van der Waals surface area contributed by atoms with Crippen LogP contribution in [0.5, 0.6) is 5.75 Å². The Bertz CT molecular complexity index is 1240. The maximum absolute atomic E-state index is 12.6. The highest BCUT2D eigenvalue weighted by Crippen LogP contribution is 2.29. The summed E-state index contributed by atoms with van der Waals surface area (Å²) in [6.45, 7) is 4.01. The molecule has 2 aromatic heterocycles. The molecule has 8 heteroatoms. The van der Waals surface area contributed by atoms with Crippen molar-refractivity contribution in [3.05, 3.63) is 78.1 Å². The minimum absolute atomic E-state index is 0.104. The number of anilines is 1. The van der Waals surface area contributed by atoms with E-state index in [1.165, 1.54) is 11.8 Å². The highest BCUT2D eigenvalue weighted by Gasteiger charge is 2.18. The molecule has 0 aliphatic heterocycles. The average Bonchev–Trinajstić information content (AvgIpc) is 3.24. The maximum atomic E-state index is 12.6. The molecule has 2 aromatic carbocycles. The molecule has 1 amide bonds. The first kappa shape index (κ1) is 21.6. The second-order valence-electron chi connectivity index (χ2n) is 7.23. The summed E-state index contributed by atoms with van der Waals surface area (Å²) in [6, 6.07) is 17.4. The summed E-state index contributed by atoms with van der Waals surface area (Å²) in [5.74, 6) is 1.48. The molecule has 0 atom stereocenters. The third kappa shape index (κ3) is 4.81. The number of nitrogens with zero attached hydrogens (tertiary/aromatic N) is 4. The Labute approximate surface area is 190 Å². The van der Waals surface area contributed by atoms with Crippen molar-refractivity contribution in [1.29, 1.82) is 0 Å². The van der Waals surface area contributed by atoms with E-state index in [9.17, 15) is 4.79 Å². The number of benzene rings is 2. The lowest BCUT2D eigenvalue weighted by atomic mass is 10.1. The summed E-state index contributed by atoms with van der Waals surface area (Å²) < 4.78 is 7.31. The summed E-state index contributed by atoms with van der Waals surface area (Å²) in [6.07, 6.45) is 3.42. The van der Waals surface area contributed by atoms with Crippen LogP contribution in [0.25, 0.3) is 17.1 Å². The molecule has 0 saturated heterocycles. The first-order chi connectivity index (χ1) is 15.5. The van der Waals surface area contributed by atoms with Crippen LogP contribution in [-0.4, -0.2) is 38.5 Å². The normalized spacial score (nSPS) is 10.7. The Kier molecular flexibility index (Phi) is 6.51. The summed E-state index contributed by atoms with van der Waals surface area (Å²) in [5.41, 5.74) is 4.72. The Morgan fingerprint density at radius 3 is 2.62 bits per heavy atom. The van der Waals surface area contributed by atoms with Crippen molar-refractivity contribution in [3.63, 3.8) is 0 Å². The fraction of sp³-hybridized carbons (Fsp3) is 0.167. The highest BCUT2D eigenvalue weighted by molar-refractivity contribution is 7.99. The molecular formula is C24H23N5O2S. The maximum Gasteiger partial charge on any atom is 0.234 e. The quantitative estimate of drug-likeness (QED) is 0.416. The third-order valence-corrected chi connectivity index (χ3v) is 5.80. The second-order valence-corrected chi connectivity index (χ2v) is 8.18. The lowest BCUT2D eigenvalue weighted by molar-refractivity contribution is -0.113. The minimum Gasteiger partial charge on any atom is -0.497 e. The van der Waals surface area contributed by atoms with Crippen molar-refractivity contribution in [2.45, 2.75) is 19.0 Å². The van der Waals surface area contributed by atoms with Gasteiger partial charge in [0, 0.05) is 29.7 Å². The molecule has 0 aliphatic carbocycles. The smallest absolute Gasteiger partial charge is 0.234 e. The Morgan fingerprint density at radius 1 is 1.06 bits per heavy atom. The van der Waals surface area contributed by atoms with Gasteiger partial charge in [0.1, 0.15) is 5.75 Å².